The molecule has 0 fully saturated rings. The molecule has 1 rings (SSSR count). The maximum Gasteiger partial charge on any atom is 0.160 e. The van der Waals surface area contributed by atoms with E-state index in [9.17, 15) is 4.79 Å². The number of hydrogen-bond donors (Lipinski definition) is 1. The summed E-state index contributed by atoms with van der Waals surface area (Å²) in [6.07, 6.45) is 5.95. The van der Waals surface area contributed by atoms with Crippen molar-refractivity contribution in [2.75, 3.05) is 6.61 Å². The molecule has 1 atom stereocenters. The smallest absolute Gasteiger partial charge is 0.160 e. The first-order valence-corrected chi connectivity index (χ1v) is 3.97. The fourth-order valence-corrected chi connectivity index (χ4v) is 1.51. The first-order valence-electron chi connectivity index (χ1n) is 3.97. The summed E-state index contributed by atoms with van der Waals surface area (Å²) in [6.45, 7) is 1.92. The van der Waals surface area contributed by atoms with E-state index >= 15 is 0 Å². The van der Waals surface area contributed by atoms with Gasteiger partial charge in [-0.05, 0) is 6.92 Å². The van der Waals surface area contributed by atoms with E-state index in [1.54, 1.807) is 0 Å². The van der Waals surface area contributed by atoms with E-state index in [1.165, 1.54) is 0 Å². The Bertz CT molecular complexity index is 268. The Hall–Kier alpha value is -1.07. The van der Waals surface area contributed by atoms with Gasteiger partial charge in [0, 0.05) is 24.3 Å². The Morgan fingerprint density at radius 1 is 1.75 bits per heavy atom. The molecule has 0 amide bonds. The largest absolute Gasteiger partial charge is 0.396 e. The van der Waals surface area contributed by atoms with Crippen molar-refractivity contribution >= 4 is 5.78 Å². The van der Waals surface area contributed by atoms with E-state index in [1.807, 2.05) is 6.92 Å². The third-order valence-electron chi connectivity index (χ3n) is 2.36. The minimum absolute atomic E-state index is 0.0147. The average molecular weight is 164 g/mol. The number of rotatable bonds is 2. The topological polar surface area (TPSA) is 37.3 Å². The number of carbonyl (C=O) groups is 1. The van der Waals surface area contributed by atoms with Crippen LogP contribution in [0.4, 0.5) is 0 Å². The van der Waals surface area contributed by atoms with Gasteiger partial charge in [-0.15, -0.1) is 12.3 Å². The number of Topliss-reactive ketones (excluding diaryl/α,β-unsaturated/α-hetero) is 1. The first-order chi connectivity index (χ1) is 5.70. The van der Waals surface area contributed by atoms with Crippen molar-refractivity contribution in [2.45, 2.75) is 19.8 Å². The van der Waals surface area contributed by atoms with Crippen LogP contribution in [0, 0.1) is 18.3 Å². The summed E-state index contributed by atoms with van der Waals surface area (Å²) in [5.41, 5.74) is 1.71. The third-order valence-corrected chi connectivity index (χ3v) is 2.36. The van der Waals surface area contributed by atoms with Gasteiger partial charge >= 0.3 is 0 Å². The SMILES string of the molecule is C#CCC1=C(C)[C@@H](CO)CC1=O. The molecule has 0 aromatic rings. The Morgan fingerprint density at radius 2 is 2.42 bits per heavy atom. The second-order valence-electron chi connectivity index (χ2n) is 3.05. The predicted molar refractivity (Wildman–Crippen MR) is 46.3 cm³/mol. The molecule has 1 aliphatic carbocycles. The number of aliphatic hydroxyl groups excluding tert-OH is 1. The zero-order chi connectivity index (χ0) is 9.14. The summed E-state index contributed by atoms with van der Waals surface area (Å²) >= 11 is 0. The summed E-state index contributed by atoms with van der Waals surface area (Å²) in [5, 5.41) is 8.90. The minimum Gasteiger partial charge on any atom is -0.396 e. The van der Waals surface area contributed by atoms with Crippen LogP contribution in [0.5, 0.6) is 0 Å². The van der Waals surface area contributed by atoms with Crippen LogP contribution in [0.25, 0.3) is 0 Å². The van der Waals surface area contributed by atoms with Crippen molar-refractivity contribution in [1.29, 1.82) is 0 Å². The van der Waals surface area contributed by atoms with Crippen molar-refractivity contribution in [3.05, 3.63) is 11.1 Å². The normalized spacial score (nSPS) is 23.1. The fraction of sp³-hybridized carbons (Fsp3) is 0.500. The summed E-state index contributed by atoms with van der Waals surface area (Å²) in [4.78, 5) is 11.3. The van der Waals surface area contributed by atoms with Crippen molar-refractivity contribution in [1.82, 2.24) is 0 Å². The van der Waals surface area contributed by atoms with Crippen molar-refractivity contribution in [3.63, 3.8) is 0 Å². The molecule has 2 nitrogen and oxygen atoms in total. The van der Waals surface area contributed by atoms with E-state index < -0.39 is 0 Å². The highest BCUT2D eigenvalue weighted by Crippen LogP contribution is 2.29. The van der Waals surface area contributed by atoms with Gasteiger partial charge in [0.15, 0.2) is 5.78 Å². The zero-order valence-corrected chi connectivity index (χ0v) is 7.13. The highest BCUT2D eigenvalue weighted by atomic mass is 16.3. The minimum atomic E-state index is 0.0147. The second kappa shape index (κ2) is 3.55. The highest BCUT2D eigenvalue weighted by molar-refractivity contribution is 5.99. The molecule has 0 saturated carbocycles. The maximum absolute atomic E-state index is 11.3. The average Bonchev–Trinajstić information content (AvgIpc) is 2.32. The van der Waals surface area contributed by atoms with Crippen LogP contribution in [0.1, 0.15) is 19.8 Å². The molecule has 12 heavy (non-hydrogen) atoms. The van der Waals surface area contributed by atoms with Gasteiger partial charge in [0.05, 0.1) is 6.61 Å². The lowest BCUT2D eigenvalue weighted by Gasteiger charge is -2.04. The van der Waals surface area contributed by atoms with Gasteiger partial charge in [0.1, 0.15) is 0 Å². The van der Waals surface area contributed by atoms with E-state index in [4.69, 9.17) is 11.5 Å². The van der Waals surface area contributed by atoms with Gasteiger partial charge < -0.3 is 5.11 Å². The number of aliphatic hydroxyl groups is 1. The molecule has 0 aliphatic heterocycles. The van der Waals surface area contributed by atoms with Crippen molar-refractivity contribution < 1.29 is 9.90 Å². The van der Waals surface area contributed by atoms with Gasteiger partial charge in [-0.25, -0.2) is 0 Å². The molecule has 0 radical (unpaired) electrons. The number of hydrogen-bond acceptors (Lipinski definition) is 2. The number of allylic oxidation sites excluding steroid dienone is 1. The van der Waals surface area contributed by atoms with Crippen LogP contribution in [0.15, 0.2) is 11.1 Å². The van der Waals surface area contributed by atoms with E-state index in [2.05, 4.69) is 5.92 Å². The van der Waals surface area contributed by atoms with Gasteiger partial charge in [-0.2, -0.15) is 0 Å². The number of terminal acetylenes is 1. The van der Waals surface area contributed by atoms with E-state index in [-0.39, 0.29) is 18.3 Å². The van der Waals surface area contributed by atoms with E-state index in [0.29, 0.717) is 12.8 Å². The molecule has 64 valence electrons. The van der Waals surface area contributed by atoms with Gasteiger partial charge in [0.25, 0.3) is 0 Å². The molecule has 0 aromatic heterocycles. The molecule has 1 N–H and O–H groups in total. The maximum atomic E-state index is 11.3. The zero-order valence-electron chi connectivity index (χ0n) is 7.13. The quantitative estimate of drug-likeness (QED) is 0.616. The van der Waals surface area contributed by atoms with Gasteiger partial charge in [-0.1, -0.05) is 5.57 Å². The predicted octanol–water partition coefficient (Wildman–Crippen LogP) is 0.907. The molecule has 1 aliphatic rings. The molecule has 0 heterocycles. The van der Waals surface area contributed by atoms with Crippen molar-refractivity contribution in [2.24, 2.45) is 5.92 Å². The summed E-state index contributed by atoms with van der Waals surface area (Å²) < 4.78 is 0. The van der Waals surface area contributed by atoms with Crippen LogP contribution in [-0.2, 0) is 4.79 Å². The van der Waals surface area contributed by atoms with Crippen LogP contribution in [0.3, 0.4) is 0 Å². The summed E-state index contributed by atoms with van der Waals surface area (Å²) in [5.74, 6) is 2.57. The lowest BCUT2D eigenvalue weighted by Crippen LogP contribution is -2.04. The first kappa shape index (κ1) is 9.02. The molecule has 0 saturated heterocycles. The van der Waals surface area contributed by atoms with Crippen LogP contribution in [0.2, 0.25) is 0 Å². The highest BCUT2D eigenvalue weighted by Gasteiger charge is 2.27. The monoisotopic (exact) mass is 164 g/mol. The second-order valence-corrected chi connectivity index (χ2v) is 3.05. The lowest BCUT2D eigenvalue weighted by atomic mass is 10.0. The Balaban J connectivity index is 2.87. The van der Waals surface area contributed by atoms with Crippen LogP contribution < -0.4 is 0 Å². The molecule has 0 spiro atoms. The van der Waals surface area contributed by atoms with Crippen molar-refractivity contribution in [3.8, 4) is 12.3 Å². The van der Waals surface area contributed by atoms with E-state index in [0.717, 1.165) is 11.1 Å². The van der Waals surface area contributed by atoms with Crippen LogP contribution >= 0.6 is 0 Å². The summed E-state index contributed by atoms with van der Waals surface area (Å²) in [7, 11) is 0. The lowest BCUT2D eigenvalue weighted by molar-refractivity contribution is -0.115. The fourth-order valence-electron chi connectivity index (χ4n) is 1.51. The summed E-state index contributed by atoms with van der Waals surface area (Å²) in [6, 6.07) is 0. The third kappa shape index (κ3) is 1.41. The molecule has 0 bridgehead atoms. The van der Waals surface area contributed by atoms with Gasteiger partial charge in [0.2, 0.25) is 0 Å². The number of ketones is 1. The van der Waals surface area contributed by atoms with Gasteiger partial charge in [-0.3, -0.25) is 4.79 Å². The molecule has 0 aromatic carbocycles. The number of carbonyl (C=O) groups excluding carboxylic acids is 1. The molecular formula is C10H12O2. The Morgan fingerprint density at radius 3 is 2.83 bits per heavy atom. The standard InChI is InChI=1S/C10H12O2/c1-3-4-9-7(2)8(6-11)5-10(9)12/h1,8,11H,4-6H2,2H3/t8-/m1/s1. The Kier molecular flexibility index (Phi) is 2.67. The van der Waals surface area contributed by atoms with Crippen LogP contribution in [-0.4, -0.2) is 17.5 Å². The molecular weight excluding hydrogens is 152 g/mol. The molecule has 0 unspecified atom stereocenters. The Labute approximate surface area is 72.3 Å². The molecule has 2 heteroatoms.